The molecule has 0 unspecified atom stereocenters. The second-order valence-corrected chi connectivity index (χ2v) is 5.16. The van der Waals surface area contributed by atoms with Crippen molar-refractivity contribution in [2.75, 3.05) is 0 Å². The summed E-state index contributed by atoms with van der Waals surface area (Å²) in [6.07, 6.45) is -4.87. The lowest BCUT2D eigenvalue weighted by atomic mass is 10.2. The fourth-order valence-corrected chi connectivity index (χ4v) is 1.94. The summed E-state index contributed by atoms with van der Waals surface area (Å²) < 4.78 is 70.9. The number of sulfonamides is 1. The highest BCUT2D eigenvalue weighted by Crippen LogP contribution is 2.37. The quantitative estimate of drug-likeness (QED) is 0.806. The molecular weight excluding hydrogens is 318 g/mol. The van der Waals surface area contributed by atoms with Crippen molar-refractivity contribution in [1.82, 2.24) is 0 Å². The summed E-state index contributed by atoms with van der Waals surface area (Å²) in [4.78, 5) is -0.930. The van der Waals surface area contributed by atoms with Crippen molar-refractivity contribution in [3.05, 3.63) is 28.0 Å². The van der Waals surface area contributed by atoms with Crippen molar-refractivity contribution in [3.8, 4) is 0 Å². The first-order valence-corrected chi connectivity index (χ1v) is 5.96. The van der Waals surface area contributed by atoms with E-state index >= 15 is 0 Å². The largest absolute Gasteiger partial charge is 0.417 e. The zero-order valence-corrected chi connectivity index (χ0v) is 9.75. The Bertz CT molecular complexity index is 526. The number of benzene rings is 1. The first-order chi connectivity index (χ1) is 7.03. The number of nitrogens with two attached hydrogens (primary N) is 1. The third-order valence-corrected chi connectivity index (χ3v) is 3.33. The van der Waals surface area contributed by atoms with E-state index in [1.807, 2.05) is 0 Å². The Kier molecular flexibility index (Phi) is 3.32. The van der Waals surface area contributed by atoms with Gasteiger partial charge in [-0.25, -0.2) is 17.9 Å². The molecule has 0 fully saturated rings. The molecule has 9 heteroatoms. The molecule has 0 aromatic heterocycles. The lowest BCUT2D eigenvalue weighted by Gasteiger charge is -2.11. The number of alkyl halides is 3. The zero-order valence-electron chi connectivity index (χ0n) is 7.35. The SMILES string of the molecule is NS(=O)(=O)c1cc(F)c(Br)c(C(F)(F)F)c1. The van der Waals surface area contributed by atoms with E-state index in [0.717, 1.165) is 0 Å². The van der Waals surface area contributed by atoms with Gasteiger partial charge in [0.15, 0.2) is 0 Å². The Morgan fingerprint density at radius 3 is 2.12 bits per heavy atom. The van der Waals surface area contributed by atoms with Crippen LogP contribution >= 0.6 is 15.9 Å². The predicted octanol–water partition coefficient (Wildman–Crippen LogP) is 2.25. The summed E-state index contributed by atoms with van der Waals surface area (Å²) in [5, 5.41) is 4.61. The van der Waals surface area contributed by atoms with Gasteiger partial charge in [0.2, 0.25) is 10.0 Å². The highest BCUT2D eigenvalue weighted by Gasteiger charge is 2.35. The summed E-state index contributed by atoms with van der Waals surface area (Å²) in [7, 11) is -4.39. The standard InChI is InChI=1S/C7H4BrF4NO2S/c8-6-4(7(10,11)12)1-3(2-5(6)9)16(13,14)15/h1-2H,(H2,13,14,15). The zero-order chi connectivity index (χ0) is 12.7. The van der Waals surface area contributed by atoms with Crippen LogP contribution in [0.5, 0.6) is 0 Å². The molecular formula is C7H4BrF4NO2S. The molecule has 16 heavy (non-hydrogen) atoms. The van der Waals surface area contributed by atoms with Gasteiger partial charge in [0.25, 0.3) is 0 Å². The van der Waals surface area contributed by atoms with Crippen LogP contribution in [0.15, 0.2) is 21.5 Å². The summed E-state index contributed by atoms with van der Waals surface area (Å²) in [6.45, 7) is 0. The number of primary sulfonamides is 1. The summed E-state index contributed by atoms with van der Waals surface area (Å²) in [5.74, 6) is -1.35. The molecule has 0 saturated carbocycles. The summed E-state index contributed by atoms with van der Waals surface area (Å²) in [5.41, 5.74) is -1.43. The maximum atomic E-state index is 13.0. The first kappa shape index (κ1) is 13.4. The molecule has 1 rings (SSSR count). The molecule has 0 bridgehead atoms. The maximum Gasteiger partial charge on any atom is 0.417 e. The second-order valence-electron chi connectivity index (χ2n) is 2.81. The number of halogens is 5. The van der Waals surface area contributed by atoms with Crippen LogP contribution in [-0.4, -0.2) is 8.42 Å². The van der Waals surface area contributed by atoms with Gasteiger partial charge in [0.1, 0.15) is 5.82 Å². The maximum absolute atomic E-state index is 13.0. The highest BCUT2D eigenvalue weighted by atomic mass is 79.9. The molecule has 0 aliphatic rings. The molecule has 0 saturated heterocycles. The van der Waals surface area contributed by atoms with E-state index in [0.29, 0.717) is 6.07 Å². The molecule has 0 atom stereocenters. The van der Waals surface area contributed by atoms with Crippen LogP contribution in [0.2, 0.25) is 0 Å². The van der Waals surface area contributed by atoms with Gasteiger partial charge in [-0.1, -0.05) is 0 Å². The third-order valence-electron chi connectivity index (χ3n) is 1.64. The smallest absolute Gasteiger partial charge is 0.225 e. The Labute approximate surface area is 96.4 Å². The summed E-state index contributed by atoms with van der Waals surface area (Å²) in [6, 6.07) is 0.678. The molecule has 90 valence electrons. The normalized spacial score (nSPS) is 12.9. The molecule has 0 heterocycles. The molecule has 0 aliphatic carbocycles. The Balaban J connectivity index is 3.59. The van der Waals surface area contributed by atoms with Crippen LogP contribution < -0.4 is 5.14 Å². The third kappa shape index (κ3) is 2.71. The Morgan fingerprint density at radius 2 is 1.75 bits per heavy atom. The van der Waals surface area contributed by atoms with Crippen molar-refractivity contribution in [3.63, 3.8) is 0 Å². The van der Waals surface area contributed by atoms with Crippen LogP contribution in [0, 0.1) is 5.82 Å². The van der Waals surface area contributed by atoms with Crippen LogP contribution in [-0.2, 0) is 16.2 Å². The minimum Gasteiger partial charge on any atom is -0.225 e. The first-order valence-electron chi connectivity index (χ1n) is 3.62. The van der Waals surface area contributed by atoms with Crippen molar-refractivity contribution < 1.29 is 26.0 Å². The molecule has 1 aromatic carbocycles. The van der Waals surface area contributed by atoms with E-state index in [-0.39, 0.29) is 6.07 Å². The molecule has 0 amide bonds. The van der Waals surface area contributed by atoms with E-state index in [2.05, 4.69) is 21.1 Å². The van der Waals surface area contributed by atoms with Gasteiger partial charge in [0.05, 0.1) is 14.9 Å². The minimum absolute atomic E-state index is 0.266. The van der Waals surface area contributed by atoms with Crippen LogP contribution in [0.25, 0.3) is 0 Å². The lowest BCUT2D eigenvalue weighted by Crippen LogP contribution is -2.15. The van der Waals surface area contributed by atoms with Gasteiger partial charge in [-0.3, -0.25) is 0 Å². The second kappa shape index (κ2) is 3.97. The Morgan fingerprint density at radius 1 is 1.25 bits per heavy atom. The van der Waals surface area contributed by atoms with E-state index in [1.54, 1.807) is 0 Å². The van der Waals surface area contributed by atoms with E-state index in [1.165, 1.54) is 0 Å². The monoisotopic (exact) mass is 321 g/mol. The lowest BCUT2D eigenvalue weighted by molar-refractivity contribution is -0.138. The van der Waals surface area contributed by atoms with Gasteiger partial charge < -0.3 is 0 Å². The fourth-order valence-electron chi connectivity index (χ4n) is 0.935. The van der Waals surface area contributed by atoms with Crippen molar-refractivity contribution in [1.29, 1.82) is 0 Å². The summed E-state index contributed by atoms with van der Waals surface area (Å²) >= 11 is 2.39. The fraction of sp³-hybridized carbons (Fsp3) is 0.143. The van der Waals surface area contributed by atoms with Crippen molar-refractivity contribution >= 4 is 26.0 Å². The number of hydrogen-bond donors (Lipinski definition) is 1. The predicted molar refractivity (Wildman–Crippen MR) is 50.5 cm³/mol. The van der Waals surface area contributed by atoms with Gasteiger partial charge in [-0.2, -0.15) is 13.2 Å². The van der Waals surface area contributed by atoms with Crippen LogP contribution in [0.1, 0.15) is 5.56 Å². The highest BCUT2D eigenvalue weighted by molar-refractivity contribution is 9.10. The molecule has 0 spiro atoms. The average Bonchev–Trinajstić information content (AvgIpc) is 2.05. The molecule has 0 radical (unpaired) electrons. The molecule has 1 aromatic rings. The van der Waals surface area contributed by atoms with Crippen molar-refractivity contribution in [2.45, 2.75) is 11.1 Å². The molecule has 3 nitrogen and oxygen atoms in total. The average molecular weight is 322 g/mol. The van der Waals surface area contributed by atoms with Gasteiger partial charge in [-0.15, -0.1) is 0 Å². The number of hydrogen-bond acceptors (Lipinski definition) is 2. The van der Waals surface area contributed by atoms with Crippen molar-refractivity contribution in [2.24, 2.45) is 5.14 Å². The topological polar surface area (TPSA) is 60.2 Å². The van der Waals surface area contributed by atoms with Gasteiger partial charge in [-0.05, 0) is 28.1 Å². The molecule has 2 N–H and O–H groups in total. The van der Waals surface area contributed by atoms with Crippen LogP contribution in [0.3, 0.4) is 0 Å². The van der Waals surface area contributed by atoms with E-state index in [4.69, 9.17) is 0 Å². The minimum atomic E-state index is -4.87. The molecule has 0 aliphatic heterocycles. The van der Waals surface area contributed by atoms with Gasteiger partial charge >= 0.3 is 6.18 Å². The van der Waals surface area contributed by atoms with E-state index in [9.17, 15) is 26.0 Å². The van der Waals surface area contributed by atoms with Crippen LogP contribution in [0.4, 0.5) is 17.6 Å². The van der Waals surface area contributed by atoms with Gasteiger partial charge in [0, 0.05) is 0 Å². The van der Waals surface area contributed by atoms with E-state index < -0.39 is 36.9 Å². The number of rotatable bonds is 1. The Hall–Kier alpha value is -0.670.